The second-order valence-corrected chi connectivity index (χ2v) is 6.65. The van der Waals surface area contributed by atoms with Crippen molar-refractivity contribution in [1.82, 2.24) is 25.0 Å². The van der Waals surface area contributed by atoms with Crippen LogP contribution >= 0.6 is 15.9 Å². The van der Waals surface area contributed by atoms with Gasteiger partial charge in [-0.25, -0.2) is 4.98 Å². The van der Waals surface area contributed by atoms with Gasteiger partial charge in [0, 0.05) is 30.0 Å². The largest absolute Gasteiger partial charge is 0.497 e. The molecule has 1 aliphatic rings. The van der Waals surface area contributed by atoms with E-state index in [4.69, 9.17) is 9.26 Å². The smallest absolute Gasteiger partial charge is 0.255 e. The Labute approximate surface area is 157 Å². The zero-order valence-corrected chi connectivity index (χ0v) is 15.4. The molecule has 26 heavy (non-hydrogen) atoms. The van der Waals surface area contributed by atoms with Crippen LogP contribution in [0.3, 0.4) is 0 Å². The Morgan fingerprint density at radius 3 is 2.92 bits per heavy atom. The van der Waals surface area contributed by atoms with Crippen LogP contribution in [-0.4, -0.2) is 51.1 Å². The van der Waals surface area contributed by atoms with Gasteiger partial charge in [-0.3, -0.25) is 9.78 Å². The van der Waals surface area contributed by atoms with Crippen molar-refractivity contribution in [3.8, 4) is 17.3 Å². The van der Waals surface area contributed by atoms with Gasteiger partial charge in [0.15, 0.2) is 0 Å². The third kappa shape index (κ3) is 3.05. The van der Waals surface area contributed by atoms with Crippen LogP contribution < -0.4 is 4.74 Å². The summed E-state index contributed by atoms with van der Waals surface area (Å²) >= 11 is 3.41. The van der Waals surface area contributed by atoms with Gasteiger partial charge in [-0.15, -0.1) is 0 Å². The lowest BCUT2D eigenvalue weighted by atomic mass is 9.98. The molecule has 0 saturated carbocycles. The fourth-order valence-electron chi connectivity index (χ4n) is 2.69. The third-order valence-electron chi connectivity index (χ3n) is 4.16. The summed E-state index contributed by atoms with van der Waals surface area (Å²) in [6.45, 7) is 1.04. The van der Waals surface area contributed by atoms with Gasteiger partial charge in [-0.05, 0) is 34.1 Å². The van der Waals surface area contributed by atoms with Gasteiger partial charge >= 0.3 is 0 Å². The summed E-state index contributed by atoms with van der Waals surface area (Å²) in [5, 5.41) is 3.94. The minimum atomic E-state index is -0.0688. The lowest BCUT2D eigenvalue weighted by Crippen LogP contribution is -2.48. The van der Waals surface area contributed by atoms with Crippen LogP contribution in [-0.2, 0) is 0 Å². The molecule has 0 unspecified atom stereocenters. The molecule has 9 heteroatoms. The van der Waals surface area contributed by atoms with E-state index in [-0.39, 0.29) is 11.8 Å². The highest BCUT2D eigenvalue weighted by molar-refractivity contribution is 9.10. The maximum absolute atomic E-state index is 12.7. The Morgan fingerprint density at radius 1 is 1.35 bits per heavy atom. The number of hydrogen-bond acceptors (Lipinski definition) is 7. The first-order chi connectivity index (χ1) is 12.7. The van der Waals surface area contributed by atoms with Crippen LogP contribution in [0.4, 0.5) is 0 Å². The number of benzene rings is 1. The fraction of sp³-hybridized carbons (Fsp3) is 0.235. The molecule has 132 valence electrons. The quantitative estimate of drug-likeness (QED) is 0.645. The summed E-state index contributed by atoms with van der Waals surface area (Å²) in [5.74, 6) is 1.48. The zero-order chi connectivity index (χ0) is 18.1. The molecule has 1 fully saturated rings. The lowest BCUT2D eigenvalue weighted by Gasteiger charge is -2.37. The monoisotopic (exact) mass is 415 g/mol. The third-order valence-corrected chi connectivity index (χ3v) is 4.85. The van der Waals surface area contributed by atoms with E-state index in [0.717, 1.165) is 4.47 Å². The van der Waals surface area contributed by atoms with Crippen molar-refractivity contribution in [2.45, 2.75) is 5.92 Å². The topological polar surface area (TPSA) is 94.2 Å². The summed E-state index contributed by atoms with van der Waals surface area (Å²) < 4.78 is 11.2. The number of carbonyl (C=O) groups excluding carboxylic acids is 1. The number of rotatable bonds is 4. The first-order valence-electron chi connectivity index (χ1n) is 7.88. The van der Waals surface area contributed by atoms with Gasteiger partial charge in [0.05, 0.1) is 24.8 Å². The second kappa shape index (κ2) is 6.83. The highest BCUT2D eigenvalue weighted by Crippen LogP contribution is 2.31. The Kier molecular flexibility index (Phi) is 4.37. The minimum absolute atomic E-state index is 0.0151. The van der Waals surface area contributed by atoms with Crippen molar-refractivity contribution >= 4 is 21.8 Å². The minimum Gasteiger partial charge on any atom is -0.497 e. The lowest BCUT2D eigenvalue weighted by molar-refractivity contribution is 0.0568. The molecule has 0 radical (unpaired) electrons. The molecule has 3 aromatic rings. The van der Waals surface area contributed by atoms with Crippen molar-refractivity contribution in [3.05, 3.63) is 52.7 Å². The molecule has 4 rings (SSSR count). The van der Waals surface area contributed by atoms with E-state index in [2.05, 4.69) is 36.0 Å². The van der Waals surface area contributed by atoms with Gasteiger partial charge in [-0.2, -0.15) is 4.98 Å². The van der Waals surface area contributed by atoms with E-state index in [9.17, 15) is 4.79 Å². The Morgan fingerprint density at radius 2 is 2.19 bits per heavy atom. The van der Waals surface area contributed by atoms with Crippen LogP contribution in [0.1, 0.15) is 22.2 Å². The van der Waals surface area contributed by atoms with Crippen LogP contribution in [0, 0.1) is 0 Å². The van der Waals surface area contributed by atoms with Gasteiger partial charge in [0.1, 0.15) is 11.4 Å². The van der Waals surface area contributed by atoms with E-state index in [1.165, 1.54) is 0 Å². The van der Waals surface area contributed by atoms with E-state index in [1.54, 1.807) is 48.8 Å². The fourth-order valence-corrected chi connectivity index (χ4v) is 3.10. The number of halogens is 1. The van der Waals surface area contributed by atoms with Crippen LogP contribution in [0.25, 0.3) is 11.5 Å². The molecule has 0 spiro atoms. The van der Waals surface area contributed by atoms with E-state index >= 15 is 0 Å². The number of nitrogens with zero attached hydrogens (tertiary/aromatic N) is 5. The van der Waals surface area contributed by atoms with E-state index in [1.807, 2.05) is 0 Å². The van der Waals surface area contributed by atoms with Crippen molar-refractivity contribution in [3.63, 3.8) is 0 Å². The highest BCUT2D eigenvalue weighted by atomic mass is 79.9. The average molecular weight is 416 g/mol. The molecule has 0 bridgehead atoms. The summed E-state index contributed by atoms with van der Waals surface area (Å²) in [4.78, 5) is 26.9. The van der Waals surface area contributed by atoms with Crippen molar-refractivity contribution in [2.24, 2.45) is 0 Å². The number of carbonyl (C=O) groups is 1. The maximum atomic E-state index is 12.7. The van der Waals surface area contributed by atoms with Crippen molar-refractivity contribution in [1.29, 1.82) is 0 Å². The number of amides is 1. The summed E-state index contributed by atoms with van der Waals surface area (Å²) in [7, 11) is 1.57. The number of aromatic nitrogens is 4. The molecular formula is C17H14BrN5O3. The molecule has 0 atom stereocenters. The highest BCUT2D eigenvalue weighted by Gasteiger charge is 2.36. The predicted octanol–water partition coefficient (Wildman–Crippen LogP) is 2.54. The molecule has 1 aliphatic heterocycles. The number of hydrogen-bond donors (Lipinski definition) is 0. The number of methoxy groups -OCH3 is 1. The van der Waals surface area contributed by atoms with E-state index < -0.39 is 0 Å². The predicted molar refractivity (Wildman–Crippen MR) is 94.7 cm³/mol. The van der Waals surface area contributed by atoms with Gasteiger partial charge in [0.25, 0.3) is 5.91 Å². The molecular weight excluding hydrogens is 402 g/mol. The number of ether oxygens (including phenoxy) is 1. The summed E-state index contributed by atoms with van der Waals surface area (Å²) in [5.41, 5.74) is 1.11. The van der Waals surface area contributed by atoms with Gasteiger partial charge < -0.3 is 14.2 Å². The first kappa shape index (κ1) is 16.6. The SMILES string of the molecule is COc1ccc(Br)c(C(=O)N2CC(c3nc(-c4cnccn4)no3)C2)c1. The van der Waals surface area contributed by atoms with Crippen molar-refractivity contribution < 1.29 is 14.1 Å². The second-order valence-electron chi connectivity index (χ2n) is 5.80. The summed E-state index contributed by atoms with van der Waals surface area (Å²) in [6, 6.07) is 5.32. The Balaban J connectivity index is 1.44. The molecule has 0 aliphatic carbocycles. The van der Waals surface area contributed by atoms with E-state index in [0.29, 0.717) is 41.8 Å². The van der Waals surface area contributed by atoms with Gasteiger partial charge in [-0.1, -0.05) is 5.16 Å². The summed E-state index contributed by atoms with van der Waals surface area (Å²) in [6.07, 6.45) is 4.73. The molecule has 8 nitrogen and oxygen atoms in total. The molecule has 3 heterocycles. The van der Waals surface area contributed by atoms with Crippen LogP contribution in [0.15, 0.2) is 45.8 Å². The normalized spacial score (nSPS) is 14.2. The Bertz CT molecular complexity index is 941. The standard InChI is InChI=1S/C17H14BrN5O3/c1-25-11-2-3-13(18)12(6-11)17(24)23-8-10(9-23)16-21-15(22-26-16)14-7-19-4-5-20-14/h2-7,10H,8-9H2,1H3. The molecule has 1 saturated heterocycles. The molecule has 0 N–H and O–H groups in total. The van der Waals surface area contributed by atoms with Crippen LogP contribution in [0.2, 0.25) is 0 Å². The zero-order valence-electron chi connectivity index (χ0n) is 13.8. The molecule has 1 amide bonds. The first-order valence-corrected chi connectivity index (χ1v) is 8.68. The molecule has 1 aromatic carbocycles. The van der Waals surface area contributed by atoms with Gasteiger partial charge in [0.2, 0.25) is 11.7 Å². The van der Waals surface area contributed by atoms with Crippen LogP contribution in [0.5, 0.6) is 5.75 Å². The van der Waals surface area contributed by atoms with Crippen molar-refractivity contribution in [2.75, 3.05) is 20.2 Å². The average Bonchev–Trinajstić information content (AvgIpc) is 3.11. The number of likely N-dealkylation sites (tertiary alicyclic amines) is 1. The molecule has 2 aromatic heterocycles. The Hall–Kier alpha value is -2.81. The maximum Gasteiger partial charge on any atom is 0.255 e.